The fraction of sp³-hybridized carbons (Fsp3) is 0. The van der Waals surface area contributed by atoms with E-state index in [0.717, 1.165) is 55.0 Å². The second kappa shape index (κ2) is 11.8. The average Bonchev–Trinajstić information content (AvgIpc) is 3.96. The molecule has 11 aromatic rings. The standard InChI is InChI=1S/C45H25N5O2S/c1-2-11-27-22-28(21-20-26(27)10-1)41-48-42(50-43(49-41)33-13-9-19-39-40(33)32-12-3-8-18-38(32)53-39)29-23-30(44-46-34-14-4-6-16-36(34)51-44)25-31(24-29)45-47-35-15-5-7-17-37(35)52-45/h1-25H. The van der Waals surface area contributed by atoms with Crippen LogP contribution in [0.25, 0.3) is 110 Å². The van der Waals surface area contributed by atoms with Crippen molar-refractivity contribution in [1.82, 2.24) is 24.9 Å². The number of aromatic nitrogens is 5. The number of thiophene rings is 1. The van der Waals surface area contributed by atoms with Gasteiger partial charge in [-0.15, -0.1) is 11.3 Å². The molecule has 0 aliphatic rings. The molecule has 0 saturated carbocycles. The number of rotatable bonds is 5. The van der Waals surface area contributed by atoms with Crippen molar-refractivity contribution in [2.75, 3.05) is 0 Å². The molecule has 7 aromatic carbocycles. The number of para-hydroxylation sites is 4. The van der Waals surface area contributed by atoms with Crippen molar-refractivity contribution in [3.05, 3.63) is 152 Å². The predicted octanol–water partition coefficient (Wildman–Crippen LogP) is 12.0. The summed E-state index contributed by atoms with van der Waals surface area (Å²) in [4.78, 5) is 25.3. The molecule has 8 heteroatoms. The fourth-order valence-corrected chi connectivity index (χ4v) is 8.17. The van der Waals surface area contributed by atoms with E-state index < -0.39 is 0 Å². The van der Waals surface area contributed by atoms with E-state index in [1.807, 2.05) is 78.9 Å². The van der Waals surface area contributed by atoms with Crippen molar-refractivity contribution in [1.29, 1.82) is 0 Å². The second-order valence-electron chi connectivity index (χ2n) is 12.9. The van der Waals surface area contributed by atoms with Crippen molar-refractivity contribution in [3.63, 3.8) is 0 Å². The molecule has 0 aliphatic heterocycles. The monoisotopic (exact) mass is 699 g/mol. The SMILES string of the molecule is c1ccc2cc(-c3nc(-c4cc(-c5nc6ccccc6o5)cc(-c5nc6ccccc6o5)c4)nc(-c4cccc5sc6ccccc6c45)n3)ccc2c1. The highest BCUT2D eigenvalue weighted by Gasteiger charge is 2.20. The van der Waals surface area contributed by atoms with E-state index >= 15 is 0 Å². The van der Waals surface area contributed by atoms with Crippen molar-refractivity contribution in [2.45, 2.75) is 0 Å². The summed E-state index contributed by atoms with van der Waals surface area (Å²) in [5.74, 6) is 2.61. The fourth-order valence-electron chi connectivity index (χ4n) is 7.04. The van der Waals surface area contributed by atoms with E-state index in [4.69, 9.17) is 33.8 Å². The van der Waals surface area contributed by atoms with E-state index in [0.29, 0.717) is 40.4 Å². The lowest BCUT2D eigenvalue weighted by Gasteiger charge is -2.11. The van der Waals surface area contributed by atoms with Crippen molar-refractivity contribution >= 4 is 64.5 Å². The van der Waals surface area contributed by atoms with Crippen LogP contribution < -0.4 is 0 Å². The zero-order valence-electron chi connectivity index (χ0n) is 27.9. The van der Waals surface area contributed by atoms with Gasteiger partial charge in [0.05, 0.1) is 0 Å². The molecule has 0 aliphatic carbocycles. The van der Waals surface area contributed by atoms with E-state index in [1.165, 1.54) is 14.8 Å². The van der Waals surface area contributed by atoms with Crippen molar-refractivity contribution in [3.8, 4) is 57.1 Å². The molecule has 7 nitrogen and oxygen atoms in total. The molecule has 4 aromatic heterocycles. The van der Waals surface area contributed by atoms with E-state index in [1.54, 1.807) is 11.3 Å². The summed E-state index contributed by atoms with van der Waals surface area (Å²) in [7, 11) is 0. The molecule has 0 radical (unpaired) electrons. The van der Waals surface area contributed by atoms with E-state index in [9.17, 15) is 0 Å². The van der Waals surface area contributed by atoms with E-state index in [-0.39, 0.29) is 0 Å². The molecule has 0 unspecified atom stereocenters. The first-order chi connectivity index (χ1) is 26.2. The van der Waals surface area contributed by atoms with Crippen molar-refractivity contribution in [2.24, 2.45) is 0 Å². The minimum absolute atomic E-state index is 0.476. The third kappa shape index (κ3) is 5.07. The molecule has 0 atom stereocenters. The van der Waals surface area contributed by atoms with Gasteiger partial charge in [0.15, 0.2) is 28.6 Å². The molecule has 53 heavy (non-hydrogen) atoms. The summed E-state index contributed by atoms with van der Waals surface area (Å²) in [6, 6.07) is 51.0. The third-order valence-electron chi connectivity index (χ3n) is 9.56. The predicted molar refractivity (Wildman–Crippen MR) is 213 cm³/mol. The van der Waals surface area contributed by atoms with Crippen LogP contribution >= 0.6 is 11.3 Å². The first-order valence-electron chi connectivity index (χ1n) is 17.2. The number of hydrogen-bond donors (Lipinski definition) is 0. The Balaban J connectivity index is 1.18. The maximum Gasteiger partial charge on any atom is 0.227 e. The van der Waals surface area contributed by atoms with Crippen LogP contribution in [0.15, 0.2) is 160 Å². The lowest BCUT2D eigenvalue weighted by atomic mass is 10.0. The molecule has 0 saturated heterocycles. The highest BCUT2D eigenvalue weighted by molar-refractivity contribution is 7.25. The number of oxazole rings is 2. The van der Waals surface area contributed by atoms with Gasteiger partial charge in [0, 0.05) is 48.0 Å². The third-order valence-corrected chi connectivity index (χ3v) is 10.7. The van der Waals surface area contributed by atoms with Gasteiger partial charge in [-0.05, 0) is 71.4 Å². The van der Waals surface area contributed by atoms with Crippen LogP contribution in [0.4, 0.5) is 0 Å². The van der Waals surface area contributed by atoms with Gasteiger partial charge in [0.2, 0.25) is 11.8 Å². The maximum absolute atomic E-state index is 6.29. The molecular weight excluding hydrogens is 675 g/mol. The van der Waals surface area contributed by atoms with Gasteiger partial charge < -0.3 is 8.83 Å². The first-order valence-corrected chi connectivity index (χ1v) is 18.1. The summed E-state index contributed by atoms with van der Waals surface area (Å²) in [6.07, 6.45) is 0. The minimum Gasteiger partial charge on any atom is -0.436 e. The topological polar surface area (TPSA) is 90.7 Å². The maximum atomic E-state index is 6.29. The minimum atomic E-state index is 0.476. The van der Waals surface area contributed by atoms with Crippen LogP contribution in [0.1, 0.15) is 0 Å². The van der Waals surface area contributed by atoms with Crippen LogP contribution in [0, 0.1) is 0 Å². The molecule has 0 bridgehead atoms. The largest absolute Gasteiger partial charge is 0.436 e. The number of hydrogen-bond acceptors (Lipinski definition) is 8. The highest BCUT2D eigenvalue weighted by Crippen LogP contribution is 2.40. The second-order valence-corrected chi connectivity index (χ2v) is 14.0. The zero-order valence-corrected chi connectivity index (χ0v) is 28.7. The van der Waals surface area contributed by atoms with Gasteiger partial charge in [-0.2, -0.15) is 0 Å². The number of fused-ring (bicyclic) bond motifs is 6. The lowest BCUT2D eigenvalue weighted by Crippen LogP contribution is -2.01. The van der Waals surface area contributed by atoms with Crippen LogP contribution in [-0.2, 0) is 0 Å². The molecule has 248 valence electrons. The molecular formula is C45H25N5O2S. The zero-order chi connectivity index (χ0) is 34.9. The molecule has 0 N–H and O–H groups in total. The Bertz CT molecular complexity index is 3060. The van der Waals surface area contributed by atoms with E-state index in [2.05, 4.69) is 72.8 Å². The van der Waals surface area contributed by atoms with Crippen LogP contribution in [-0.4, -0.2) is 24.9 Å². The number of nitrogens with zero attached hydrogens (tertiary/aromatic N) is 5. The Morgan fingerprint density at radius 3 is 1.72 bits per heavy atom. The average molecular weight is 700 g/mol. The Hall–Kier alpha value is -7.03. The number of benzene rings is 7. The molecule has 0 amide bonds. The van der Waals surface area contributed by atoms with Crippen LogP contribution in [0.5, 0.6) is 0 Å². The molecule has 11 rings (SSSR count). The summed E-state index contributed by atoms with van der Waals surface area (Å²) in [5, 5.41) is 4.56. The summed E-state index contributed by atoms with van der Waals surface area (Å²) < 4.78 is 15.0. The Labute approximate surface area is 305 Å². The summed E-state index contributed by atoms with van der Waals surface area (Å²) in [6.45, 7) is 0. The quantitative estimate of drug-likeness (QED) is 0.177. The van der Waals surface area contributed by atoms with Gasteiger partial charge in [-0.1, -0.05) is 91.0 Å². The van der Waals surface area contributed by atoms with Crippen LogP contribution in [0.3, 0.4) is 0 Å². The molecule has 4 heterocycles. The Kier molecular flexibility index (Phi) is 6.59. The van der Waals surface area contributed by atoms with Gasteiger partial charge in [-0.25, -0.2) is 24.9 Å². The van der Waals surface area contributed by atoms with Gasteiger partial charge in [-0.3, -0.25) is 0 Å². The van der Waals surface area contributed by atoms with Crippen molar-refractivity contribution < 1.29 is 8.83 Å². The van der Waals surface area contributed by atoms with Gasteiger partial charge in [0.1, 0.15) is 11.0 Å². The van der Waals surface area contributed by atoms with Gasteiger partial charge in [0.25, 0.3) is 0 Å². The van der Waals surface area contributed by atoms with Gasteiger partial charge >= 0.3 is 0 Å². The summed E-state index contributed by atoms with van der Waals surface area (Å²) in [5.41, 5.74) is 7.02. The highest BCUT2D eigenvalue weighted by atomic mass is 32.1. The smallest absolute Gasteiger partial charge is 0.227 e. The normalized spacial score (nSPS) is 11.8. The Morgan fingerprint density at radius 1 is 0.396 bits per heavy atom. The van der Waals surface area contributed by atoms with Crippen LogP contribution in [0.2, 0.25) is 0 Å². The first kappa shape index (κ1) is 29.7. The molecule has 0 fully saturated rings. The Morgan fingerprint density at radius 2 is 0.981 bits per heavy atom. The lowest BCUT2D eigenvalue weighted by molar-refractivity contribution is 0.617. The summed E-state index contributed by atoms with van der Waals surface area (Å²) >= 11 is 1.77. The molecule has 0 spiro atoms.